The fourth-order valence-corrected chi connectivity index (χ4v) is 2.90. The van der Waals surface area contributed by atoms with Crippen molar-refractivity contribution < 1.29 is 9.53 Å². The van der Waals surface area contributed by atoms with Crippen LogP contribution in [0.2, 0.25) is 0 Å². The van der Waals surface area contributed by atoms with Crippen LogP contribution in [-0.2, 0) is 4.74 Å². The fraction of sp³-hybridized carbons (Fsp3) is 0.714. The van der Waals surface area contributed by atoms with E-state index in [9.17, 15) is 4.79 Å². The van der Waals surface area contributed by atoms with E-state index in [0.717, 1.165) is 51.1 Å². The average molecular weight is 278 g/mol. The van der Waals surface area contributed by atoms with E-state index < -0.39 is 0 Å². The van der Waals surface area contributed by atoms with Crippen molar-refractivity contribution in [3.8, 4) is 0 Å². The minimum absolute atomic E-state index is 0.0403. The molecule has 1 aliphatic heterocycles. The standard InChI is InChI=1S/C14H22N4O2/c1-20-8-9-4-6-18(7-5-9)14(19)13-11(15)12(16-17-13)10-2-3-10/h9-10H,2-8,15H2,1H3,(H,16,17). The number of anilines is 1. The van der Waals surface area contributed by atoms with E-state index in [4.69, 9.17) is 10.5 Å². The van der Waals surface area contributed by atoms with Gasteiger partial charge in [0.15, 0.2) is 5.69 Å². The minimum Gasteiger partial charge on any atom is -0.395 e. The summed E-state index contributed by atoms with van der Waals surface area (Å²) in [5.41, 5.74) is 7.96. The number of carbonyl (C=O) groups excluding carboxylic acids is 1. The third-order valence-electron chi connectivity index (χ3n) is 4.33. The van der Waals surface area contributed by atoms with Gasteiger partial charge in [-0.3, -0.25) is 9.89 Å². The maximum absolute atomic E-state index is 12.5. The lowest BCUT2D eigenvalue weighted by atomic mass is 9.97. The van der Waals surface area contributed by atoms with Crippen LogP contribution in [0.15, 0.2) is 0 Å². The number of H-pyrrole nitrogens is 1. The molecule has 1 aliphatic carbocycles. The molecule has 2 fully saturated rings. The summed E-state index contributed by atoms with van der Waals surface area (Å²) in [5.74, 6) is 1.00. The number of rotatable bonds is 4. The SMILES string of the molecule is COCC1CCN(C(=O)c2n[nH]c(C3CC3)c2N)CC1. The second-order valence-electron chi connectivity index (χ2n) is 5.86. The Labute approximate surface area is 118 Å². The van der Waals surface area contributed by atoms with Gasteiger partial charge in [-0.2, -0.15) is 5.10 Å². The molecule has 3 N–H and O–H groups in total. The van der Waals surface area contributed by atoms with E-state index in [2.05, 4.69) is 10.2 Å². The van der Waals surface area contributed by atoms with Gasteiger partial charge in [0.05, 0.1) is 11.4 Å². The smallest absolute Gasteiger partial charge is 0.276 e. The Morgan fingerprint density at radius 3 is 2.70 bits per heavy atom. The Morgan fingerprint density at radius 1 is 1.40 bits per heavy atom. The van der Waals surface area contributed by atoms with Crippen LogP contribution < -0.4 is 5.73 Å². The fourth-order valence-electron chi connectivity index (χ4n) is 2.90. The first-order valence-corrected chi connectivity index (χ1v) is 7.32. The zero-order valence-electron chi connectivity index (χ0n) is 11.9. The van der Waals surface area contributed by atoms with Crippen molar-refractivity contribution in [2.75, 3.05) is 32.5 Å². The summed E-state index contributed by atoms with van der Waals surface area (Å²) in [4.78, 5) is 14.3. The molecule has 0 spiro atoms. The molecule has 6 heteroatoms. The normalized spacial score (nSPS) is 20.4. The first-order valence-electron chi connectivity index (χ1n) is 7.32. The Balaban J connectivity index is 1.64. The quantitative estimate of drug-likeness (QED) is 0.871. The van der Waals surface area contributed by atoms with Gasteiger partial charge in [-0.05, 0) is 31.6 Å². The molecular weight excluding hydrogens is 256 g/mol. The monoisotopic (exact) mass is 278 g/mol. The van der Waals surface area contributed by atoms with E-state index >= 15 is 0 Å². The van der Waals surface area contributed by atoms with Gasteiger partial charge in [-0.25, -0.2) is 0 Å². The van der Waals surface area contributed by atoms with E-state index in [1.807, 2.05) is 4.90 Å². The molecule has 110 valence electrons. The summed E-state index contributed by atoms with van der Waals surface area (Å²) in [7, 11) is 1.72. The minimum atomic E-state index is -0.0403. The number of nitrogens with zero attached hydrogens (tertiary/aromatic N) is 2. The van der Waals surface area contributed by atoms with Gasteiger partial charge in [0.25, 0.3) is 5.91 Å². The highest BCUT2D eigenvalue weighted by Crippen LogP contribution is 2.42. The first-order chi connectivity index (χ1) is 9.70. The molecule has 0 bridgehead atoms. The molecule has 0 aromatic carbocycles. The van der Waals surface area contributed by atoms with Crippen molar-refractivity contribution in [1.82, 2.24) is 15.1 Å². The van der Waals surface area contributed by atoms with E-state index in [0.29, 0.717) is 23.2 Å². The molecule has 1 saturated heterocycles. The highest BCUT2D eigenvalue weighted by Gasteiger charge is 2.32. The molecule has 2 heterocycles. The van der Waals surface area contributed by atoms with Crippen molar-refractivity contribution in [1.29, 1.82) is 0 Å². The lowest BCUT2D eigenvalue weighted by Gasteiger charge is -2.31. The van der Waals surface area contributed by atoms with Crippen LogP contribution in [0.1, 0.15) is 47.8 Å². The molecule has 1 saturated carbocycles. The van der Waals surface area contributed by atoms with E-state index in [1.165, 1.54) is 0 Å². The Hall–Kier alpha value is -1.56. The maximum atomic E-state index is 12.5. The van der Waals surface area contributed by atoms with Crippen LogP contribution in [0.5, 0.6) is 0 Å². The molecule has 3 rings (SSSR count). The zero-order valence-corrected chi connectivity index (χ0v) is 11.9. The summed E-state index contributed by atoms with van der Waals surface area (Å²) >= 11 is 0. The number of likely N-dealkylation sites (tertiary alicyclic amines) is 1. The summed E-state index contributed by atoms with van der Waals surface area (Å²) in [6.45, 7) is 2.30. The highest BCUT2D eigenvalue weighted by molar-refractivity contribution is 5.97. The van der Waals surface area contributed by atoms with Crippen LogP contribution >= 0.6 is 0 Å². The summed E-state index contributed by atoms with van der Waals surface area (Å²) in [6.07, 6.45) is 4.25. The number of amides is 1. The number of hydrogen-bond acceptors (Lipinski definition) is 4. The lowest BCUT2D eigenvalue weighted by Crippen LogP contribution is -2.39. The predicted octanol–water partition coefficient (Wildman–Crippen LogP) is 1.37. The lowest BCUT2D eigenvalue weighted by molar-refractivity contribution is 0.0609. The molecule has 1 aromatic rings. The van der Waals surface area contributed by atoms with Gasteiger partial charge in [0, 0.05) is 32.7 Å². The van der Waals surface area contributed by atoms with Crippen molar-refractivity contribution in [3.63, 3.8) is 0 Å². The number of aromatic nitrogens is 2. The third-order valence-corrected chi connectivity index (χ3v) is 4.33. The number of nitrogen functional groups attached to an aromatic ring is 1. The van der Waals surface area contributed by atoms with Crippen molar-refractivity contribution in [3.05, 3.63) is 11.4 Å². The number of aromatic amines is 1. The van der Waals surface area contributed by atoms with Crippen LogP contribution in [0.4, 0.5) is 5.69 Å². The Kier molecular flexibility index (Phi) is 3.65. The Bertz CT molecular complexity index is 487. The van der Waals surface area contributed by atoms with Gasteiger partial charge < -0.3 is 15.4 Å². The average Bonchev–Trinajstić information content (AvgIpc) is 3.23. The number of nitrogens with one attached hydrogen (secondary N) is 1. The van der Waals surface area contributed by atoms with Crippen LogP contribution in [0.3, 0.4) is 0 Å². The van der Waals surface area contributed by atoms with Gasteiger partial charge in [0.2, 0.25) is 0 Å². The largest absolute Gasteiger partial charge is 0.395 e. The number of piperidine rings is 1. The number of methoxy groups -OCH3 is 1. The summed E-state index contributed by atoms with van der Waals surface area (Å²) in [5, 5.41) is 7.08. The van der Waals surface area contributed by atoms with Crippen molar-refractivity contribution in [2.24, 2.45) is 5.92 Å². The molecule has 6 nitrogen and oxygen atoms in total. The maximum Gasteiger partial charge on any atom is 0.276 e. The van der Waals surface area contributed by atoms with Gasteiger partial charge in [-0.15, -0.1) is 0 Å². The third kappa shape index (κ3) is 2.52. The van der Waals surface area contributed by atoms with Gasteiger partial charge >= 0.3 is 0 Å². The van der Waals surface area contributed by atoms with Crippen LogP contribution in [-0.4, -0.2) is 47.8 Å². The van der Waals surface area contributed by atoms with Crippen LogP contribution in [0, 0.1) is 5.92 Å². The van der Waals surface area contributed by atoms with Crippen molar-refractivity contribution in [2.45, 2.75) is 31.6 Å². The van der Waals surface area contributed by atoms with Gasteiger partial charge in [0.1, 0.15) is 0 Å². The summed E-state index contributed by atoms with van der Waals surface area (Å²) < 4.78 is 5.18. The summed E-state index contributed by atoms with van der Waals surface area (Å²) in [6, 6.07) is 0. The number of nitrogens with two attached hydrogens (primary N) is 1. The van der Waals surface area contributed by atoms with E-state index in [1.54, 1.807) is 7.11 Å². The predicted molar refractivity (Wildman–Crippen MR) is 75.5 cm³/mol. The molecule has 2 aliphatic rings. The second-order valence-corrected chi connectivity index (χ2v) is 5.86. The number of carbonyl (C=O) groups is 1. The second kappa shape index (κ2) is 5.44. The first kappa shape index (κ1) is 13.4. The van der Waals surface area contributed by atoms with Crippen LogP contribution in [0.25, 0.3) is 0 Å². The number of ether oxygens (including phenoxy) is 1. The van der Waals surface area contributed by atoms with E-state index in [-0.39, 0.29) is 5.91 Å². The molecule has 20 heavy (non-hydrogen) atoms. The van der Waals surface area contributed by atoms with Crippen molar-refractivity contribution >= 4 is 11.6 Å². The number of hydrogen-bond donors (Lipinski definition) is 2. The van der Waals surface area contributed by atoms with Gasteiger partial charge in [-0.1, -0.05) is 0 Å². The zero-order chi connectivity index (χ0) is 14.1. The molecule has 0 unspecified atom stereocenters. The Morgan fingerprint density at radius 2 is 2.10 bits per heavy atom. The molecule has 0 atom stereocenters. The molecule has 1 aromatic heterocycles. The molecular formula is C14H22N4O2. The molecule has 1 amide bonds. The molecule has 0 radical (unpaired) electrons. The highest BCUT2D eigenvalue weighted by atomic mass is 16.5. The topological polar surface area (TPSA) is 84.2 Å².